The Bertz CT molecular complexity index is 1600. The van der Waals surface area contributed by atoms with Crippen LogP contribution in [0.3, 0.4) is 0 Å². The highest BCUT2D eigenvalue weighted by atomic mass is 19.3. The first-order valence-corrected chi connectivity index (χ1v) is 18.2. The molecule has 4 N–H and O–H groups in total. The molecule has 51 heavy (non-hydrogen) atoms. The summed E-state index contributed by atoms with van der Waals surface area (Å²) in [7, 11) is 1.00. The number of aliphatic imine (C=N–C) groups is 1. The number of urea groups is 1. The molecule has 3 amide bonds. The van der Waals surface area contributed by atoms with Crippen LogP contribution in [0.5, 0.6) is 0 Å². The second-order valence-corrected chi connectivity index (χ2v) is 12.7. The van der Waals surface area contributed by atoms with Gasteiger partial charge in [0, 0.05) is 56.8 Å². The molecule has 3 fully saturated rings. The Balaban J connectivity index is 0.00000141. The lowest BCUT2D eigenvalue weighted by Crippen LogP contribution is -2.50. The molecule has 3 saturated heterocycles. The second-order valence-electron chi connectivity index (χ2n) is 12.7. The van der Waals surface area contributed by atoms with Crippen LogP contribution in [0.15, 0.2) is 63.7 Å². The number of fused-ring (bicyclic) bond motifs is 2. The van der Waals surface area contributed by atoms with Gasteiger partial charge in [-0.25, -0.2) is 9.79 Å². The van der Waals surface area contributed by atoms with Gasteiger partial charge in [0.2, 0.25) is 11.7 Å². The number of furan rings is 1. The Labute approximate surface area is 299 Å². The second kappa shape index (κ2) is 18.3. The SMILES string of the molecule is C=C(c1oc2ccccc2c1N=C(N)C(F)(F)OCCCCC(=O)N1CCC(N2C(=O)NC3=CC(CC)=CCC32)CC1)N1CCCC1.CC.CO. The Morgan fingerprint density at radius 3 is 2.49 bits per heavy atom. The molecule has 4 aliphatic rings. The number of halogens is 2. The minimum atomic E-state index is -3.81. The van der Waals surface area contributed by atoms with Crippen LogP contribution in [0.25, 0.3) is 16.7 Å². The number of allylic oxidation sites excluding steroid dienone is 2. The van der Waals surface area contributed by atoms with Crippen LogP contribution < -0.4 is 11.1 Å². The van der Waals surface area contributed by atoms with E-state index in [0.29, 0.717) is 54.8 Å². The lowest BCUT2D eigenvalue weighted by Gasteiger charge is -2.39. The number of alkyl halides is 2. The van der Waals surface area contributed by atoms with Gasteiger partial charge in [-0.2, -0.15) is 8.78 Å². The average molecular weight is 713 g/mol. The summed E-state index contributed by atoms with van der Waals surface area (Å²) in [6.45, 7) is 12.7. The van der Waals surface area contributed by atoms with Crippen molar-refractivity contribution in [3.8, 4) is 0 Å². The number of piperidine rings is 1. The molecule has 1 aliphatic carbocycles. The molecular formula is C38H54F2N6O5. The monoisotopic (exact) mass is 712 g/mol. The molecule has 0 saturated carbocycles. The number of aliphatic hydroxyl groups is 1. The number of nitrogens with one attached hydrogen (secondary N) is 1. The number of hydrogen-bond acceptors (Lipinski definition) is 7. The minimum Gasteiger partial charge on any atom is -0.452 e. The number of nitrogens with two attached hydrogens (primary N) is 1. The Hall–Kier alpha value is -4.23. The van der Waals surface area contributed by atoms with Crippen molar-refractivity contribution in [2.45, 2.75) is 96.8 Å². The van der Waals surface area contributed by atoms with Gasteiger partial charge in [0.15, 0.2) is 5.76 Å². The van der Waals surface area contributed by atoms with E-state index >= 15 is 0 Å². The van der Waals surface area contributed by atoms with Crippen molar-refractivity contribution in [3.63, 3.8) is 0 Å². The third-order valence-corrected chi connectivity index (χ3v) is 9.66. The third-order valence-electron chi connectivity index (χ3n) is 9.66. The minimum absolute atomic E-state index is 0.0199. The first-order chi connectivity index (χ1) is 24.7. The van der Waals surface area contributed by atoms with Crippen LogP contribution in [0.4, 0.5) is 19.3 Å². The number of likely N-dealkylation sites (tertiary alicyclic amines) is 2. The van der Waals surface area contributed by atoms with Gasteiger partial charge in [0.1, 0.15) is 11.3 Å². The van der Waals surface area contributed by atoms with E-state index in [2.05, 4.69) is 40.9 Å². The third kappa shape index (κ3) is 9.17. The smallest absolute Gasteiger partial charge is 0.415 e. The van der Waals surface area contributed by atoms with Crippen LogP contribution in [-0.4, -0.2) is 95.7 Å². The number of amides is 3. The van der Waals surface area contributed by atoms with Gasteiger partial charge in [-0.3, -0.25) is 4.79 Å². The van der Waals surface area contributed by atoms with Crippen molar-refractivity contribution in [3.05, 3.63) is 60.0 Å². The van der Waals surface area contributed by atoms with Crippen LogP contribution in [0.2, 0.25) is 0 Å². The van der Waals surface area contributed by atoms with Gasteiger partial charge in [-0.15, -0.1) is 0 Å². The Kier molecular flexibility index (Phi) is 14.2. The lowest BCUT2D eigenvalue weighted by atomic mass is 9.95. The topological polar surface area (TPSA) is 137 Å². The number of amidine groups is 1. The predicted octanol–water partition coefficient (Wildman–Crippen LogP) is 6.91. The maximum Gasteiger partial charge on any atom is 0.415 e. The first kappa shape index (κ1) is 39.6. The Morgan fingerprint density at radius 1 is 1.12 bits per heavy atom. The summed E-state index contributed by atoms with van der Waals surface area (Å²) in [4.78, 5) is 35.6. The summed E-state index contributed by atoms with van der Waals surface area (Å²) < 4.78 is 40.9. The summed E-state index contributed by atoms with van der Waals surface area (Å²) in [5, 5.41) is 10.6. The summed E-state index contributed by atoms with van der Waals surface area (Å²) in [5.74, 6) is -0.673. The van der Waals surface area contributed by atoms with Crippen molar-refractivity contribution in [2.75, 3.05) is 39.9 Å². The molecule has 6 rings (SSSR count). The van der Waals surface area contributed by atoms with Crippen molar-refractivity contribution >= 4 is 40.1 Å². The highest BCUT2D eigenvalue weighted by Crippen LogP contribution is 2.39. The quantitative estimate of drug-likeness (QED) is 0.124. The molecule has 0 radical (unpaired) electrons. The fourth-order valence-electron chi connectivity index (χ4n) is 6.98. The molecule has 0 spiro atoms. The van der Waals surface area contributed by atoms with E-state index in [0.717, 1.165) is 51.6 Å². The van der Waals surface area contributed by atoms with Crippen molar-refractivity contribution in [2.24, 2.45) is 10.7 Å². The zero-order valence-corrected chi connectivity index (χ0v) is 30.4. The zero-order valence-electron chi connectivity index (χ0n) is 30.4. The van der Waals surface area contributed by atoms with Crippen LogP contribution >= 0.6 is 0 Å². The molecule has 280 valence electrons. The molecule has 3 aliphatic heterocycles. The van der Waals surface area contributed by atoms with Gasteiger partial charge in [0.05, 0.1) is 18.3 Å². The lowest BCUT2D eigenvalue weighted by molar-refractivity contribution is -0.184. The normalized spacial score (nSPS) is 19.4. The molecule has 0 bridgehead atoms. The number of aliphatic hydroxyl groups excluding tert-OH is 1. The van der Waals surface area contributed by atoms with Gasteiger partial charge >= 0.3 is 12.1 Å². The summed E-state index contributed by atoms with van der Waals surface area (Å²) in [6, 6.07) is 7.12. The maximum absolute atomic E-state index is 15.0. The molecule has 2 aromatic rings. The molecule has 1 aromatic carbocycles. The van der Waals surface area contributed by atoms with E-state index in [1.54, 1.807) is 29.2 Å². The number of hydrogen-bond donors (Lipinski definition) is 3. The number of nitrogens with zero attached hydrogens (tertiary/aromatic N) is 4. The predicted molar refractivity (Wildman–Crippen MR) is 196 cm³/mol. The highest BCUT2D eigenvalue weighted by Gasteiger charge is 2.41. The van der Waals surface area contributed by atoms with E-state index in [9.17, 15) is 18.4 Å². The number of carbonyl (C=O) groups is 2. The molecule has 4 heterocycles. The number of unbranched alkanes of at least 4 members (excludes halogenated alkanes) is 1. The van der Waals surface area contributed by atoms with Crippen molar-refractivity contribution in [1.82, 2.24) is 20.0 Å². The Morgan fingerprint density at radius 2 is 1.80 bits per heavy atom. The molecule has 13 heteroatoms. The van der Waals surface area contributed by atoms with Crippen molar-refractivity contribution < 1.29 is 32.6 Å². The first-order valence-electron chi connectivity index (χ1n) is 18.2. The molecule has 1 atom stereocenters. The summed E-state index contributed by atoms with van der Waals surface area (Å²) in [6.07, 6.45) is 6.56. The maximum atomic E-state index is 15.0. The zero-order chi connectivity index (χ0) is 37.1. The van der Waals surface area contributed by atoms with E-state index < -0.39 is 11.9 Å². The largest absolute Gasteiger partial charge is 0.452 e. The number of rotatable bonds is 12. The highest BCUT2D eigenvalue weighted by molar-refractivity contribution is 5.99. The number of carbonyl (C=O) groups excluding carboxylic acids is 2. The van der Waals surface area contributed by atoms with E-state index in [4.69, 9.17) is 20.0 Å². The van der Waals surface area contributed by atoms with E-state index in [-0.39, 0.29) is 49.2 Å². The van der Waals surface area contributed by atoms with Crippen LogP contribution in [0.1, 0.15) is 84.3 Å². The molecule has 1 unspecified atom stereocenters. The van der Waals surface area contributed by atoms with Gasteiger partial charge in [-0.1, -0.05) is 51.1 Å². The summed E-state index contributed by atoms with van der Waals surface area (Å²) in [5.41, 5.74) is 9.33. The van der Waals surface area contributed by atoms with Gasteiger partial charge < -0.3 is 40.0 Å². The van der Waals surface area contributed by atoms with Crippen LogP contribution in [0, 0.1) is 0 Å². The fourth-order valence-corrected chi connectivity index (χ4v) is 6.98. The van der Waals surface area contributed by atoms with Gasteiger partial charge in [-0.05, 0) is 69.6 Å². The number of para-hydroxylation sites is 1. The van der Waals surface area contributed by atoms with E-state index in [1.165, 1.54) is 5.57 Å². The van der Waals surface area contributed by atoms with Crippen molar-refractivity contribution in [1.29, 1.82) is 0 Å². The number of benzene rings is 1. The molecule has 1 aromatic heterocycles. The summed E-state index contributed by atoms with van der Waals surface area (Å²) >= 11 is 0. The molecule has 11 nitrogen and oxygen atoms in total. The average Bonchev–Trinajstić information content (AvgIpc) is 3.90. The van der Waals surface area contributed by atoms with E-state index in [1.807, 2.05) is 18.7 Å². The standard InChI is InChI=1S/C35H44F2N6O4.C2H6.CH4O/c1-3-24-13-14-28-27(22-24)39-34(45)43(28)25-15-19-42(20-16-25)30(44)12-6-9-21-46-35(36,37)33(38)40-31-26-10-4-5-11-29(26)47-32(31)23(2)41-17-7-8-18-41;2*1-2/h4-5,10-11,13,22,25,28H,2-3,6-9,12,14-21H2,1H3,(H2,38,40)(H,39,45);1-2H3;2H,1H3. The van der Waals surface area contributed by atoms with Crippen LogP contribution in [-0.2, 0) is 9.53 Å². The molecular weight excluding hydrogens is 658 g/mol. The number of ether oxygens (including phenoxy) is 1. The van der Waals surface area contributed by atoms with Gasteiger partial charge in [0.25, 0.3) is 0 Å². The fraction of sp³-hybridized carbons (Fsp3) is 0.553.